The zero-order chi connectivity index (χ0) is 14.1. The molecule has 1 aliphatic rings. The van der Waals surface area contributed by atoms with E-state index in [1.54, 1.807) is 0 Å². The number of hydrogen-bond acceptors (Lipinski definition) is 1. The lowest BCUT2D eigenvalue weighted by Gasteiger charge is -2.37. The minimum atomic E-state index is -0.428. The van der Waals surface area contributed by atoms with Crippen molar-refractivity contribution in [2.24, 2.45) is 0 Å². The molecule has 3 rings (SSSR count). The maximum absolute atomic E-state index is 13.5. The van der Waals surface area contributed by atoms with Crippen LogP contribution < -0.4 is 5.32 Å². The summed E-state index contributed by atoms with van der Waals surface area (Å²) in [7, 11) is 0. The highest BCUT2D eigenvalue weighted by Crippen LogP contribution is 2.39. The van der Waals surface area contributed by atoms with Crippen molar-refractivity contribution in [2.75, 3.05) is 5.32 Å². The van der Waals surface area contributed by atoms with E-state index in [1.807, 2.05) is 24.3 Å². The molecular formula is C16H14ClF2N. The molecule has 1 nitrogen and oxygen atoms in total. The highest BCUT2D eigenvalue weighted by Gasteiger charge is 2.30. The van der Waals surface area contributed by atoms with Gasteiger partial charge in [-0.1, -0.05) is 23.7 Å². The molecule has 0 bridgehead atoms. The monoisotopic (exact) mass is 293 g/mol. The van der Waals surface area contributed by atoms with E-state index >= 15 is 0 Å². The van der Waals surface area contributed by atoms with Crippen molar-refractivity contribution in [3.05, 3.63) is 64.7 Å². The summed E-state index contributed by atoms with van der Waals surface area (Å²) >= 11 is 5.86. The molecular weight excluding hydrogens is 280 g/mol. The van der Waals surface area contributed by atoms with E-state index in [9.17, 15) is 8.78 Å². The third kappa shape index (κ3) is 2.78. The molecule has 0 atom stereocenters. The third-order valence-electron chi connectivity index (χ3n) is 3.77. The Kier molecular flexibility index (Phi) is 3.62. The summed E-state index contributed by atoms with van der Waals surface area (Å²) in [4.78, 5) is 0. The highest BCUT2D eigenvalue weighted by molar-refractivity contribution is 6.30. The number of hydrogen-bond donors (Lipinski definition) is 1. The van der Waals surface area contributed by atoms with Gasteiger partial charge in [0.1, 0.15) is 11.6 Å². The zero-order valence-electron chi connectivity index (χ0n) is 10.7. The van der Waals surface area contributed by atoms with Crippen molar-refractivity contribution < 1.29 is 8.78 Å². The van der Waals surface area contributed by atoms with Crippen LogP contribution in [-0.2, 0) is 0 Å². The normalized spacial score (nSPS) is 21.4. The van der Waals surface area contributed by atoms with Crippen molar-refractivity contribution in [3.8, 4) is 0 Å². The van der Waals surface area contributed by atoms with Gasteiger partial charge < -0.3 is 5.32 Å². The van der Waals surface area contributed by atoms with Gasteiger partial charge in [0.2, 0.25) is 0 Å². The zero-order valence-corrected chi connectivity index (χ0v) is 11.5. The van der Waals surface area contributed by atoms with Crippen LogP contribution in [-0.4, -0.2) is 6.04 Å². The second-order valence-electron chi connectivity index (χ2n) is 5.19. The fourth-order valence-corrected chi connectivity index (χ4v) is 2.70. The van der Waals surface area contributed by atoms with Crippen LogP contribution in [0, 0.1) is 11.6 Å². The summed E-state index contributed by atoms with van der Waals surface area (Å²) in [5.74, 6) is -0.384. The molecule has 104 valence electrons. The standard InChI is InChI=1S/C16H14ClF2N/c17-12-3-1-10(2-4-12)11-7-14(8-11)20-16-9-13(18)5-6-15(16)19/h1-6,9,11,14,20H,7-8H2. The molecule has 2 aromatic rings. The summed E-state index contributed by atoms with van der Waals surface area (Å²) in [6.07, 6.45) is 1.83. The van der Waals surface area contributed by atoms with E-state index in [0.29, 0.717) is 5.92 Å². The molecule has 0 amide bonds. The van der Waals surface area contributed by atoms with Crippen LogP contribution in [0.5, 0.6) is 0 Å². The van der Waals surface area contributed by atoms with Gasteiger partial charge in [0.15, 0.2) is 0 Å². The molecule has 4 heteroatoms. The molecule has 0 radical (unpaired) electrons. The Morgan fingerprint density at radius 1 is 1.00 bits per heavy atom. The van der Waals surface area contributed by atoms with Crippen LogP contribution in [0.4, 0.5) is 14.5 Å². The van der Waals surface area contributed by atoms with E-state index in [4.69, 9.17) is 11.6 Å². The van der Waals surface area contributed by atoms with Gasteiger partial charge in [-0.05, 0) is 54.7 Å². The molecule has 0 spiro atoms. The van der Waals surface area contributed by atoms with Gasteiger partial charge in [0.05, 0.1) is 5.69 Å². The first-order chi connectivity index (χ1) is 9.61. The summed E-state index contributed by atoms with van der Waals surface area (Å²) in [6.45, 7) is 0. The number of anilines is 1. The third-order valence-corrected chi connectivity index (χ3v) is 4.02. The molecule has 0 heterocycles. The lowest BCUT2D eigenvalue weighted by atomic mass is 9.76. The van der Waals surface area contributed by atoms with Crippen LogP contribution in [0.1, 0.15) is 24.3 Å². The van der Waals surface area contributed by atoms with Gasteiger partial charge in [-0.3, -0.25) is 0 Å². The van der Waals surface area contributed by atoms with E-state index in [1.165, 1.54) is 11.6 Å². The minimum Gasteiger partial charge on any atom is -0.380 e. The van der Waals surface area contributed by atoms with Crippen molar-refractivity contribution in [3.63, 3.8) is 0 Å². The predicted molar refractivity (Wildman–Crippen MR) is 77.2 cm³/mol. The summed E-state index contributed by atoms with van der Waals surface area (Å²) in [5.41, 5.74) is 1.48. The van der Waals surface area contributed by atoms with Crippen LogP contribution in [0.2, 0.25) is 5.02 Å². The Hall–Kier alpha value is -1.61. The molecule has 0 aromatic heterocycles. The minimum absolute atomic E-state index is 0.187. The van der Waals surface area contributed by atoms with Crippen molar-refractivity contribution in [2.45, 2.75) is 24.8 Å². The van der Waals surface area contributed by atoms with Gasteiger partial charge in [0.25, 0.3) is 0 Å². The molecule has 1 saturated carbocycles. The lowest BCUT2D eigenvalue weighted by Crippen LogP contribution is -2.34. The fourth-order valence-electron chi connectivity index (χ4n) is 2.57. The Bertz CT molecular complexity index is 606. The average Bonchev–Trinajstić information content (AvgIpc) is 2.39. The Morgan fingerprint density at radius 3 is 2.40 bits per heavy atom. The highest BCUT2D eigenvalue weighted by atomic mass is 35.5. The SMILES string of the molecule is Fc1ccc(F)c(NC2CC(c3ccc(Cl)cc3)C2)c1. The maximum Gasteiger partial charge on any atom is 0.146 e. The van der Waals surface area contributed by atoms with Crippen LogP contribution in [0.3, 0.4) is 0 Å². The predicted octanol–water partition coefficient (Wildman–Crippen LogP) is 4.98. The van der Waals surface area contributed by atoms with E-state index in [0.717, 1.165) is 30.0 Å². The topological polar surface area (TPSA) is 12.0 Å². The Balaban J connectivity index is 1.60. The number of rotatable bonds is 3. The Morgan fingerprint density at radius 2 is 1.70 bits per heavy atom. The maximum atomic E-state index is 13.5. The second-order valence-corrected chi connectivity index (χ2v) is 5.62. The number of benzene rings is 2. The molecule has 0 aliphatic heterocycles. The molecule has 1 fully saturated rings. The van der Waals surface area contributed by atoms with Gasteiger partial charge in [-0.25, -0.2) is 8.78 Å². The largest absolute Gasteiger partial charge is 0.380 e. The van der Waals surface area contributed by atoms with Gasteiger partial charge >= 0.3 is 0 Å². The molecule has 0 unspecified atom stereocenters. The van der Waals surface area contributed by atoms with Crippen molar-refractivity contribution >= 4 is 17.3 Å². The van der Waals surface area contributed by atoms with Crippen LogP contribution >= 0.6 is 11.6 Å². The average molecular weight is 294 g/mol. The quantitative estimate of drug-likeness (QED) is 0.842. The molecule has 1 aliphatic carbocycles. The number of halogens is 3. The van der Waals surface area contributed by atoms with Gasteiger partial charge in [-0.2, -0.15) is 0 Å². The van der Waals surface area contributed by atoms with Crippen LogP contribution in [0.25, 0.3) is 0 Å². The first-order valence-electron chi connectivity index (χ1n) is 6.59. The summed E-state index contributed by atoms with van der Waals surface area (Å²) < 4.78 is 26.6. The summed E-state index contributed by atoms with van der Waals surface area (Å²) in [5, 5.41) is 3.78. The van der Waals surface area contributed by atoms with E-state index in [-0.39, 0.29) is 11.7 Å². The van der Waals surface area contributed by atoms with E-state index in [2.05, 4.69) is 5.32 Å². The number of nitrogens with one attached hydrogen (secondary N) is 1. The van der Waals surface area contributed by atoms with E-state index < -0.39 is 11.6 Å². The molecule has 20 heavy (non-hydrogen) atoms. The molecule has 2 aromatic carbocycles. The van der Waals surface area contributed by atoms with Gasteiger partial charge in [-0.15, -0.1) is 0 Å². The Labute approximate surface area is 121 Å². The fraction of sp³-hybridized carbons (Fsp3) is 0.250. The first-order valence-corrected chi connectivity index (χ1v) is 6.96. The lowest BCUT2D eigenvalue weighted by molar-refractivity contribution is 0.372. The molecule has 1 N–H and O–H groups in total. The smallest absolute Gasteiger partial charge is 0.146 e. The summed E-state index contributed by atoms with van der Waals surface area (Å²) in [6, 6.07) is 11.5. The second kappa shape index (κ2) is 5.41. The van der Waals surface area contributed by atoms with Gasteiger partial charge in [0, 0.05) is 11.1 Å². The van der Waals surface area contributed by atoms with Crippen molar-refractivity contribution in [1.29, 1.82) is 0 Å². The first kappa shape index (κ1) is 13.4. The van der Waals surface area contributed by atoms with Crippen molar-refractivity contribution in [1.82, 2.24) is 0 Å². The van der Waals surface area contributed by atoms with Crippen LogP contribution in [0.15, 0.2) is 42.5 Å². The molecule has 0 saturated heterocycles.